The van der Waals surface area contributed by atoms with Crippen LogP contribution < -0.4 is 0 Å². The van der Waals surface area contributed by atoms with Crippen molar-refractivity contribution in [2.75, 3.05) is 0 Å². The van der Waals surface area contributed by atoms with Crippen LogP contribution in [-0.4, -0.2) is 28.7 Å². The highest BCUT2D eigenvalue weighted by Gasteiger charge is 2.27. The molecule has 69 heavy (non-hydrogen) atoms. The van der Waals surface area contributed by atoms with Crippen LogP contribution in [0.3, 0.4) is 0 Å². The Balaban J connectivity index is 1.07. The zero-order valence-corrected chi connectivity index (χ0v) is 37.3. The van der Waals surface area contributed by atoms with E-state index in [1.165, 1.54) is 21.9 Å². The van der Waals surface area contributed by atoms with Crippen LogP contribution in [0.5, 0.6) is 0 Å². The fourth-order valence-corrected chi connectivity index (χ4v) is 10.6. The van der Waals surface area contributed by atoms with Gasteiger partial charge in [0.2, 0.25) is 5.95 Å². The number of aromatic nitrogens is 6. The second kappa shape index (κ2) is 15.6. The van der Waals surface area contributed by atoms with Crippen molar-refractivity contribution < 1.29 is 0 Å². The van der Waals surface area contributed by atoms with E-state index in [4.69, 9.17) is 15.0 Å². The lowest BCUT2D eigenvalue weighted by Crippen LogP contribution is -2.07. The van der Waals surface area contributed by atoms with E-state index in [1.54, 1.807) is 0 Å². The second-order valence-corrected chi connectivity index (χ2v) is 17.6. The first-order valence-corrected chi connectivity index (χ1v) is 23.4. The summed E-state index contributed by atoms with van der Waals surface area (Å²) in [5.74, 6) is 1.73. The van der Waals surface area contributed by atoms with E-state index in [0.29, 0.717) is 17.6 Å². The number of fused-ring (bicyclic) bond motifs is 10. The van der Waals surface area contributed by atoms with E-state index in [9.17, 15) is 0 Å². The van der Waals surface area contributed by atoms with Crippen LogP contribution in [0.4, 0.5) is 0 Å². The van der Waals surface area contributed by atoms with Crippen LogP contribution in [0.15, 0.2) is 243 Å². The summed E-state index contributed by atoms with van der Waals surface area (Å²) >= 11 is 0. The molecule has 0 bridgehead atoms. The Bertz CT molecular complexity index is 4210. The Morgan fingerprint density at radius 2 is 0.638 bits per heavy atom. The third kappa shape index (κ3) is 6.16. The summed E-state index contributed by atoms with van der Waals surface area (Å²) in [5.41, 5.74) is 15.1. The van der Waals surface area contributed by atoms with E-state index < -0.39 is 0 Å². The monoisotopic (exact) mass is 880 g/mol. The second-order valence-electron chi connectivity index (χ2n) is 17.6. The Morgan fingerprint density at radius 3 is 1.17 bits per heavy atom. The highest BCUT2D eigenvalue weighted by Crippen LogP contribution is 2.46. The highest BCUT2D eigenvalue weighted by atomic mass is 15.2. The number of nitrogens with zero attached hydrogens (tertiary/aromatic N) is 6. The molecular weight excluding hydrogens is 841 g/mol. The average molecular weight is 881 g/mol. The van der Waals surface area contributed by atoms with Crippen molar-refractivity contribution in [3.63, 3.8) is 0 Å². The molecule has 14 aromatic rings. The molecule has 0 radical (unpaired) electrons. The number of para-hydroxylation sites is 5. The van der Waals surface area contributed by atoms with Gasteiger partial charge < -0.3 is 9.13 Å². The van der Waals surface area contributed by atoms with Gasteiger partial charge in [0.15, 0.2) is 11.6 Å². The van der Waals surface area contributed by atoms with E-state index in [-0.39, 0.29) is 0 Å². The molecule has 6 nitrogen and oxygen atoms in total. The minimum Gasteiger partial charge on any atom is -0.309 e. The zero-order valence-electron chi connectivity index (χ0n) is 37.3. The number of benzene rings is 10. The summed E-state index contributed by atoms with van der Waals surface area (Å²) in [7, 11) is 0. The number of hydrogen-bond acceptors (Lipinski definition) is 3. The van der Waals surface area contributed by atoms with Gasteiger partial charge in [-0.15, -0.1) is 0 Å². The summed E-state index contributed by atoms with van der Waals surface area (Å²) in [6, 6.07) is 86.2. The van der Waals surface area contributed by atoms with Crippen LogP contribution >= 0.6 is 0 Å². The molecule has 4 aromatic heterocycles. The molecule has 0 saturated heterocycles. The lowest BCUT2D eigenvalue weighted by molar-refractivity contribution is 0.953. The maximum absolute atomic E-state index is 5.50. The number of rotatable bonds is 7. The largest absolute Gasteiger partial charge is 0.309 e. The van der Waals surface area contributed by atoms with Gasteiger partial charge in [0.05, 0.1) is 38.8 Å². The topological polar surface area (TPSA) is 53.5 Å². The van der Waals surface area contributed by atoms with E-state index in [0.717, 1.165) is 88.3 Å². The van der Waals surface area contributed by atoms with Gasteiger partial charge in [-0.1, -0.05) is 200 Å². The molecule has 0 atom stereocenters. The first-order valence-electron chi connectivity index (χ1n) is 23.4. The van der Waals surface area contributed by atoms with Crippen LogP contribution in [0.1, 0.15) is 0 Å². The van der Waals surface area contributed by atoms with E-state index in [1.807, 2.05) is 18.2 Å². The maximum Gasteiger partial charge on any atom is 0.238 e. The summed E-state index contributed by atoms with van der Waals surface area (Å²) < 4.78 is 7.18. The lowest BCUT2D eigenvalue weighted by atomic mass is 9.99. The van der Waals surface area contributed by atoms with Crippen LogP contribution in [0.2, 0.25) is 0 Å². The Morgan fingerprint density at radius 1 is 0.261 bits per heavy atom. The Labute approximate surface area is 397 Å². The lowest BCUT2D eigenvalue weighted by Gasteiger charge is -2.15. The van der Waals surface area contributed by atoms with Gasteiger partial charge >= 0.3 is 0 Å². The SMILES string of the molecule is c1ccc(-c2ccc(-c3ccc(-c4nc(-c5ccccc5)nc(-n5c6ccccc6c6c(-n7c8ccccc8c8ccccc87)cc7c8ccccc8n(-c8ccccc8)c7c65)n4)cc3)cc2)cc1. The normalized spacial score (nSPS) is 11.8. The molecule has 4 heterocycles. The van der Waals surface area contributed by atoms with Gasteiger partial charge in [0.1, 0.15) is 0 Å². The predicted molar refractivity (Wildman–Crippen MR) is 285 cm³/mol. The molecule has 0 fully saturated rings. The smallest absolute Gasteiger partial charge is 0.238 e. The summed E-state index contributed by atoms with van der Waals surface area (Å²) in [4.78, 5) is 16.2. The van der Waals surface area contributed by atoms with Crippen molar-refractivity contribution >= 4 is 65.4 Å². The molecule has 0 saturated carbocycles. The molecular formula is C63H40N6. The zero-order chi connectivity index (χ0) is 45.4. The molecule has 322 valence electrons. The molecule has 14 rings (SSSR count). The van der Waals surface area contributed by atoms with Gasteiger partial charge in [-0.25, -0.2) is 4.98 Å². The molecule has 6 heteroatoms. The molecule has 0 aliphatic carbocycles. The molecule has 0 amide bonds. The Hall–Kier alpha value is -9.39. The highest BCUT2D eigenvalue weighted by molar-refractivity contribution is 6.27. The minimum atomic E-state index is 0.538. The molecule has 0 aliphatic heterocycles. The van der Waals surface area contributed by atoms with Crippen molar-refractivity contribution in [1.29, 1.82) is 0 Å². The first-order chi connectivity index (χ1) is 34.2. The van der Waals surface area contributed by atoms with Crippen LogP contribution in [0, 0.1) is 0 Å². The van der Waals surface area contributed by atoms with Crippen molar-refractivity contribution in [2.45, 2.75) is 0 Å². The molecule has 10 aromatic carbocycles. The van der Waals surface area contributed by atoms with Crippen LogP contribution in [-0.2, 0) is 0 Å². The average Bonchev–Trinajstić information content (AvgIpc) is 4.08. The third-order valence-electron chi connectivity index (χ3n) is 13.7. The van der Waals surface area contributed by atoms with Gasteiger partial charge in [0, 0.05) is 49.1 Å². The number of hydrogen-bond donors (Lipinski definition) is 0. The first kappa shape index (κ1) is 38.8. The van der Waals surface area contributed by atoms with Gasteiger partial charge in [-0.2, -0.15) is 9.97 Å². The maximum atomic E-state index is 5.50. The fraction of sp³-hybridized carbons (Fsp3) is 0. The summed E-state index contributed by atoms with van der Waals surface area (Å²) in [6.45, 7) is 0. The van der Waals surface area contributed by atoms with Gasteiger partial charge in [-0.3, -0.25) is 4.57 Å². The minimum absolute atomic E-state index is 0.538. The third-order valence-corrected chi connectivity index (χ3v) is 13.7. The van der Waals surface area contributed by atoms with E-state index in [2.05, 4.69) is 238 Å². The van der Waals surface area contributed by atoms with Crippen LogP contribution in [0.25, 0.3) is 128 Å². The molecule has 0 aliphatic rings. The standard InChI is InChI=1S/C63H40N6/c1-4-18-41(19-5-1)42-32-34-43(35-33-42)44-36-38-46(39-37-44)62-64-61(45-20-6-2-7-21-45)65-63(66-62)69-56-31-17-13-27-51(56)58-57(68-54-29-15-10-24-48(54)49-25-11-16-30-55(49)68)40-52-50-26-12-14-28-53(50)67(59(52)60(58)69)47-22-8-3-9-23-47/h1-40H. The van der Waals surface area contributed by atoms with Crippen molar-refractivity contribution in [1.82, 2.24) is 28.7 Å². The summed E-state index contributed by atoms with van der Waals surface area (Å²) in [5, 5.41) is 6.92. The molecule has 0 N–H and O–H groups in total. The van der Waals surface area contributed by atoms with E-state index >= 15 is 0 Å². The molecule has 0 spiro atoms. The van der Waals surface area contributed by atoms with Gasteiger partial charge in [-0.05, 0) is 64.7 Å². The quantitative estimate of drug-likeness (QED) is 0.160. The Kier molecular flexibility index (Phi) is 8.79. The van der Waals surface area contributed by atoms with Crippen molar-refractivity contribution in [3.8, 4) is 62.4 Å². The fourth-order valence-electron chi connectivity index (χ4n) is 10.6. The summed E-state index contributed by atoms with van der Waals surface area (Å²) in [6.07, 6.45) is 0. The van der Waals surface area contributed by atoms with Gasteiger partial charge in [0.25, 0.3) is 0 Å². The molecule has 0 unspecified atom stereocenters. The predicted octanol–water partition coefficient (Wildman–Crippen LogP) is 15.8. The van der Waals surface area contributed by atoms with Crippen molar-refractivity contribution in [3.05, 3.63) is 243 Å². The van der Waals surface area contributed by atoms with Crippen molar-refractivity contribution in [2.24, 2.45) is 0 Å².